The van der Waals surface area contributed by atoms with E-state index in [1.807, 2.05) is 6.07 Å². The minimum atomic E-state index is 0.346. The van der Waals surface area contributed by atoms with E-state index in [-0.39, 0.29) is 0 Å². The molecular weight excluding hydrogens is 326 g/mol. The van der Waals surface area contributed by atoms with Crippen LogP contribution in [0.5, 0.6) is 5.88 Å². The lowest BCUT2D eigenvalue weighted by Gasteiger charge is -2.48. The Hall–Kier alpha value is -1.05. The summed E-state index contributed by atoms with van der Waals surface area (Å²) in [6, 6.07) is 1.91. The summed E-state index contributed by atoms with van der Waals surface area (Å²) in [6.07, 6.45) is 5.42. The van der Waals surface area contributed by atoms with Crippen LogP contribution in [0, 0.1) is 5.92 Å². The van der Waals surface area contributed by atoms with E-state index in [4.69, 9.17) is 14.2 Å². The average molecular weight is 351 g/mol. The Labute approximate surface area is 147 Å². The molecule has 3 saturated heterocycles. The number of ether oxygens (including phenoxy) is 3. The van der Waals surface area contributed by atoms with Crippen LogP contribution < -0.4 is 9.64 Å². The Morgan fingerprint density at radius 3 is 2.96 bits per heavy atom. The highest BCUT2D eigenvalue weighted by molar-refractivity contribution is 8.01. The molecule has 0 bridgehead atoms. The van der Waals surface area contributed by atoms with E-state index in [1.165, 1.54) is 0 Å². The first-order valence-corrected chi connectivity index (χ1v) is 9.69. The normalized spacial score (nSPS) is 26.5. The van der Waals surface area contributed by atoms with Crippen molar-refractivity contribution in [3.63, 3.8) is 0 Å². The molecule has 6 nitrogen and oxygen atoms in total. The number of nitrogens with zero attached hydrogens (tertiary/aromatic N) is 3. The van der Waals surface area contributed by atoms with Gasteiger partial charge in [-0.25, -0.2) is 9.97 Å². The molecule has 3 aliphatic heterocycles. The summed E-state index contributed by atoms with van der Waals surface area (Å²) in [4.78, 5) is 10.7. The number of hydrogen-bond donors (Lipinski definition) is 0. The molecule has 0 saturated carbocycles. The molecule has 1 spiro atoms. The zero-order chi connectivity index (χ0) is 16.4. The number of thioether (sulfide) groups is 1. The molecule has 1 atom stereocenters. The van der Waals surface area contributed by atoms with Gasteiger partial charge in [0.15, 0.2) is 0 Å². The Bertz CT molecular complexity index is 562. The van der Waals surface area contributed by atoms with E-state index in [0.717, 1.165) is 63.7 Å². The van der Waals surface area contributed by atoms with Gasteiger partial charge in [-0.3, -0.25) is 0 Å². The smallest absolute Gasteiger partial charge is 0.218 e. The SMILES string of the molecule is COc1cc(N2CC3(CC(OCC4CCOCC4)CS3)C2)ncn1. The molecular formula is C17H25N3O3S. The van der Waals surface area contributed by atoms with Crippen LogP contribution in [-0.4, -0.2) is 66.6 Å². The second kappa shape index (κ2) is 7.06. The van der Waals surface area contributed by atoms with Gasteiger partial charge in [0.1, 0.15) is 12.1 Å². The average Bonchev–Trinajstić information content (AvgIpc) is 3.04. The van der Waals surface area contributed by atoms with Gasteiger partial charge in [0, 0.05) is 44.7 Å². The van der Waals surface area contributed by atoms with Crippen LogP contribution in [0.15, 0.2) is 12.4 Å². The highest BCUT2D eigenvalue weighted by Gasteiger charge is 2.50. The fraction of sp³-hybridized carbons (Fsp3) is 0.765. The van der Waals surface area contributed by atoms with Crippen LogP contribution in [0.4, 0.5) is 5.82 Å². The fourth-order valence-corrected chi connectivity index (χ4v) is 5.29. The first-order valence-electron chi connectivity index (χ1n) is 8.71. The molecule has 0 aromatic carbocycles. The van der Waals surface area contributed by atoms with E-state index in [1.54, 1.807) is 13.4 Å². The molecule has 3 aliphatic rings. The summed E-state index contributed by atoms with van der Waals surface area (Å²) in [5, 5.41) is 0. The third-order valence-electron chi connectivity index (χ3n) is 5.20. The summed E-state index contributed by atoms with van der Waals surface area (Å²) < 4.78 is 17.2. The van der Waals surface area contributed by atoms with E-state index >= 15 is 0 Å². The minimum absolute atomic E-state index is 0.346. The summed E-state index contributed by atoms with van der Waals surface area (Å²) in [5.74, 6) is 3.38. The van der Waals surface area contributed by atoms with Crippen molar-refractivity contribution in [1.82, 2.24) is 9.97 Å². The number of anilines is 1. The Balaban J connectivity index is 1.25. The minimum Gasteiger partial charge on any atom is -0.481 e. The zero-order valence-electron chi connectivity index (χ0n) is 14.1. The van der Waals surface area contributed by atoms with Crippen LogP contribution in [0.25, 0.3) is 0 Å². The van der Waals surface area contributed by atoms with E-state index < -0.39 is 0 Å². The molecule has 1 aromatic rings. The van der Waals surface area contributed by atoms with Gasteiger partial charge in [-0.2, -0.15) is 0 Å². The van der Waals surface area contributed by atoms with Gasteiger partial charge < -0.3 is 19.1 Å². The maximum absolute atomic E-state index is 6.21. The molecule has 7 heteroatoms. The summed E-state index contributed by atoms with van der Waals surface area (Å²) >= 11 is 2.07. The first-order chi connectivity index (χ1) is 11.8. The number of rotatable bonds is 5. The molecule has 1 aromatic heterocycles. The van der Waals surface area contributed by atoms with Crippen molar-refractivity contribution in [1.29, 1.82) is 0 Å². The van der Waals surface area contributed by atoms with Crippen LogP contribution in [0.1, 0.15) is 19.3 Å². The van der Waals surface area contributed by atoms with Crippen molar-refractivity contribution < 1.29 is 14.2 Å². The zero-order valence-corrected chi connectivity index (χ0v) is 15.0. The molecule has 3 fully saturated rings. The van der Waals surface area contributed by atoms with Gasteiger partial charge >= 0.3 is 0 Å². The highest BCUT2D eigenvalue weighted by atomic mass is 32.2. The lowest BCUT2D eigenvalue weighted by atomic mass is 9.93. The van der Waals surface area contributed by atoms with Gasteiger partial charge in [0.2, 0.25) is 5.88 Å². The van der Waals surface area contributed by atoms with Crippen molar-refractivity contribution in [2.24, 2.45) is 5.92 Å². The monoisotopic (exact) mass is 351 g/mol. The van der Waals surface area contributed by atoms with Crippen molar-refractivity contribution in [2.45, 2.75) is 30.1 Å². The molecule has 0 aliphatic carbocycles. The molecule has 0 amide bonds. The summed E-state index contributed by atoms with van der Waals surface area (Å²) in [6.45, 7) is 4.77. The van der Waals surface area contributed by atoms with E-state index in [0.29, 0.717) is 22.6 Å². The van der Waals surface area contributed by atoms with Crippen LogP contribution in [0.2, 0.25) is 0 Å². The van der Waals surface area contributed by atoms with Crippen molar-refractivity contribution >= 4 is 17.6 Å². The standard InChI is InChI=1S/C17H25N3O3S/c1-21-16-6-15(18-12-19-16)20-10-17(11-20)7-14(9-24-17)23-8-13-2-4-22-5-3-13/h6,12-14H,2-5,7-11H2,1H3. The Morgan fingerprint density at radius 1 is 1.33 bits per heavy atom. The number of aromatic nitrogens is 2. The summed E-state index contributed by atoms with van der Waals surface area (Å²) in [7, 11) is 1.64. The molecule has 4 rings (SSSR count). The van der Waals surface area contributed by atoms with E-state index in [9.17, 15) is 0 Å². The fourth-order valence-electron chi connectivity index (χ4n) is 3.74. The predicted molar refractivity (Wildman–Crippen MR) is 93.9 cm³/mol. The second-order valence-electron chi connectivity index (χ2n) is 6.98. The Kier molecular flexibility index (Phi) is 4.83. The van der Waals surface area contributed by atoms with Crippen molar-refractivity contribution in [3.8, 4) is 5.88 Å². The Morgan fingerprint density at radius 2 is 2.17 bits per heavy atom. The second-order valence-corrected chi connectivity index (χ2v) is 8.47. The van der Waals surface area contributed by atoms with Crippen LogP contribution in [0.3, 0.4) is 0 Å². The number of methoxy groups -OCH3 is 1. The van der Waals surface area contributed by atoms with Gasteiger partial charge in [-0.1, -0.05) is 0 Å². The third kappa shape index (κ3) is 3.48. The summed E-state index contributed by atoms with van der Waals surface area (Å²) in [5.41, 5.74) is 0. The van der Waals surface area contributed by atoms with Crippen molar-refractivity contribution in [3.05, 3.63) is 12.4 Å². The quantitative estimate of drug-likeness (QED) is 0.804. The molecule has 1 unspecified atom stereocenters. The van der Waals surface area contributed by atoms with Gasteiger partial charge in [0.05, 0.1) is 18.0 Å². The van der Waals surface area contributed by atoms with Gasteiger partial charge in [0.25, 0.3) is 0 Å². The molecule has 4 heterocycles. The lowest BCUT2D eigenvalue weighted by Crippen LogP contribution is -2.59. The lowest BCUT2D eigenvalue weighted by molar-refractivity contribution is -0.00651. The topological polar surface area (TPSA) is 56.7 Å². The molecule has 24 heavy (non-hydrogen) atoms. The molecule has 0 radical (unpaired) electrons. The van der Waals surface area contributed by atoms with Crippen LogP contribution in [-0.2, 0) is 9.47 Å². The third-order valence-corrected chi connectivity index (χ3v) is 6.78. The maximum atomic E-state index is 6.21. The largest absolute Gasteiger partial charge is 0.481 e. The first kappa shape index (κ1) is 16.4. The predicted octanol–water partition coefficient (Wildman–Crippen LogP) is 1.99. The van der Waals surface area contributed by atoms with Crippen LogP contribution >= 0.6 is 11.8 Å². The van der Waals surface area contributed by atoms with E-state index in [2.05, 4.69) is 26.6 Å². The maximum Gasteiger partial charge on any atom is 0.218 e. The van der Waals surface area contributed by atoms with Gasteiger partial charge in [-0.05, 0) is 25.2 Å². The molecule has 132 valence electrons. The van der Waals surface area contributed by atoms with Crippen molar-refractivity contribution in [2.75, 3.05) is 50.7 Å². The number of hydrogen-bond acceptors (Lipinski definition) is 7. The van der Waals surface area contributed by atoms with Gasteiger partial charge in [-0.15, -0.1) is 11.8 Å². The highest BCUT2D eigenvalue weighted by Crippen LogP contribution is 2.47. The molecule has 0 N–H and O–H groups in total.